The van der Waals surface area contributed by atoms with Gasteiger partial charge in [0.25, 0.3) is 0 Å². The first-order valence-corrected chi connectivity index (χ1v) is 7.64. The zero-order valence-corrected chi connectivity index (χ0v) is 13.5. The summed E-state index contributed by atoms with van der Waals surface area (Å²) < 4.78 is 13.8. The first-order chi connectivity index (χ1) is 10.0. The Morgan fingerprint density at radius 3 is 2.33 bits per heavy atom. The van der Waals surface area contributed by atoms with Crippen molar-refractivity contribution < 1.29 is 4.39 Å². The molecule has 0 saturated heterocycles. The molecule has 1 unspecified atom stereocenters. The van der Waals surface area contributed by atoms with E-state index in [1.54, 1.807) is 0 Å². The summed E-state index contributed by atoms with van der Waals surface area (Å²) in [6.07, 6.45) is 0.790. The number of rotatable bonds is 5. The molecule has 0 aromatic heterocycles. The van der Waals surface area contributed by atoms with Crippen LogP contribution < -0.4 is 5.32 Å². The molecule has 0 heterocycles. The van der Waals surface area contributed by atoms with Gasteiger partial charge in [-0.3, -0.25) is 0 Å². The highest BCUT2D eigenvalue weighted by Crippen LogP contribution is 2.26. The maximum atomic E-state index is 13.8. The number of aryl methyl sites for hydroxylation is 2. The van der Waals surface area contributed by atoms with Gasteiger partial charge in [0.1, 0.15) is 5.82 Å². The molecule has 1 nitrogen and oxygen atoms in total. The van der Waals surface area contributed by atoms with Crippen LogP contribution in [0.5, 0.6) is 0 Å². The fourth-order valence-electron chi connectivity index (χ4n) is 2.62. The Kier molecular flexibility index (Phi) is 5.38. The summed E-state index contributed by atoms with van der Waals surface area (Å²) in [4.78, 5) is 0. The molecule has 0 amide bonds. The Morgan fingerprint density at radius 1 is 1.14 bits per heavy atom. The first-order valence-electron chi connectivity index (χ1n) is 7.26. The predicted molar refractivity (Wildman–Crippen MR) is 87.4 cm³/mol. The number of hydrogen-bond acceptors (Lipinski definition) is 1. The normalized spacial score (nSPS) is 12.4. The van der Waals surface area contributed by atoms with E-state index in [0.717, 1.165) is 29.1 Å². The maximum Gasteiger partial charge on any atom is 0.129 e. The summed E-state index contributed by atoms with van der Waals surface area (Å²) in [5, 5.41) is 4.24. The third-order valence-corrected chi connectivity index (χ3v) is 4.06. The maximum absolute atomic E-state index is 13.8. The van der Waals surface area contributed by atoms with Gasteiger partial charge < -0.3 is 5.32 Å². The van der Waals surface area contributed by atoms with Crippen LogP contribution in [-0.4, -0.2) is 6.54 Å². The lowest BCUT2D eigenvalue weighted by molar-refractivity contribution is 0.545. The SMILES string of the molecule is CCNC(Cc1ccccc1Cl)c1cc(C)c(F)c(C)c1. The van der Waals surface area contributed by atoms with E-state index in [9.17, 15) is 4.39 Å². The Bertz CT molecular complexity index is 601. The average molecular weight is 306 g/mol. The van der Waals surface area contributed by atoms with Crippen LogP contribution in [-0.2, 0) is 6.42 Å². The van der Waals surface area contributed by atoms with Crippen LogP contribution in [0.1, 0.15) is 35.2 Å². The van der Waals surface area contributed by atoms with Gasteiger partial charge in [0.15, 0.2) is 0 Å². The van der Waals surface area contributed by atoms with Crippen molar-refractivity contribution in [2.24, 2.45) is 0 Å². The minimum atomic E-state index is -0.119. The van der Waals surface area contributed by atoms with E-state index in [-0.39, 0.29) is 11.9 Å². The molecule has 0 aliphatic carbocycles. The van der Waals surface area contributed by atoms with Crippen molar-refractivity contribution in [2.75, 3.05) is 6.54 Å². The molecule has 1 N–H and O–H groups in total. The quantitative estimate of drug-likeness (QED) is 0.820. The lowest BCUT2D eigenvalue weighted by atomic mass is 9.95. The van der Waals surface area contributed by atoms with Crippen LogP contribution in [0.2, 0.25) is 5.02 Å². The monoisotopic (exact) mass is 305 g/mol. The Labute approximate surface area is 131 Å². The number of benzene rings is 2. The van der Waals surface area contributed by atoms with E-state index in [2.05, 4.69) is 12.2 Å². The Balaban J connectivity index is 2.33. The summed E-state index contributed by atoms with van der Waals surface area (Å²) >= 11 is 6.26. The summed E-state index contributed by atoms with van der Waals surface area (Å²) in [5.74, 6) is -0.119. The molecule has 0 aliphatic rings. The van der Waals surface area contributed by atoms with E-state index in [0.29, 0.717) is 11.1 Å². The third kappa shape index (κ3) is 3.84. The lowest BCUT2D eigenvalue weighted by Crippen LogP contribution is -2.23. The molecule has 0 spiro atoms. The van der Waals surface area contributed by atoms with Crippen molar-refractivity contribution in [1.29, 1.82) is 0 Å². The van der Waals surface area contributed by atoms with Crippen molar-refractivity contribution in [3.63, 3.8) is 0 Å². The molecule has 0 fully saturated rings. The topological polar surface area (TPSA) is 12.0 Å². The third-order valence-electron chi connectivity index (χ3n) is 3.69. The summed E-state index contributed by atoms with van der Waals surface area (Å²) in [5.41, 5.74) is 3.58. The number of likely N-dealkylation sites (N-methyl/N-ethyl adjacent to an activating group) is 1. The van der Waals surface area contributed by atoms with Gasteiger partial charge in [-0.15, -0.1) is 0 Å². The van der Waals surface area contributed by atoms with Gasteiger partial charge in [-0.25, -0.2) is 4.39 Å². The van der Waals surface area contributed by atoms with E-state index in [4.69, 9.17) is 11.6 Å². The minimum Gasteiger partial charge on any atom is -0.310 e. The van der Waals surface area contributed by atoms with Crippen molar-refractivity contribution in [3.8, 4) is 0 Å². The standard InChI is InChI=1S/C18H21ClFN/c1-4-21-17(11-14-7-5-6-8-16(14)19)15-9-12(2)18(20)13(3)10-15/h5-10,17,21H,4,11H2,1-3H3. The van der Waals surface area contributed by atoms with Crippen LogP contribution >= 0.6 is 11.6 Å². The highest BCUT2D eigenvalue weighted by molar-refractivity contribution is 6.31. The summed E-state index contributed by atoms with van der Waals surface area (Å²) in [6, 6.07) is 11.8. The van der Waals surface area contributed by atoms with Crippen molar-refractivity contribution >= 4 is 11.6 Å². The molecule has 1 atom stereocenters. The molecule has 2 rings (SSSR count). The van der Waals surface area contributed by atoms with Gasteiger partial charge in [-0.2, -0.15) is 0 Å². The molecular weight excluding hydrogens is 285 g/mol. The zero-order chi connectivity index (χ0) is 15.4. The van der Waals surface area contributed by atoms with Crippen molar-refractivity contribution in [2.45, 2.75) is 33.2 Å². The Hall–Kier alpha value is -1.38. The molecule has 21 heavy (non-hydrogen) atoms. The van der Waals surface area contributed by atoms with Crippen LogP contribution in [0.3, 0.4) is 0 Å². The number of hydrogen-bond donors (Lipinski definition) is 1. The zero-order valence-electron chi connectivity index (χ0n) is 12.7. The van der Waals surface area contributed by atoms with E-state index >= 15 is 0 Å². The second-order valence-corrected chi connectivity index (χ2v) is 5.78. The average Bonchev–Trinajstić information content (AvgIpc) is 2.46. The number of nitrogens with one attached hydrogen (secondary N) is 1. The van der Waals surface area contributed by atoms with Crippen molar-refractivity contribution in [3.05, 3.63) is 69.5 Å². The van der Waals surface area contributed by atoms with Crippen LogP contribution in [0.25, 0.3) is 0 Å². The molecule has 0 radical (unpaired) electrons. The molecular formula is C18H21ClFN. The van der Waals surface area contributed by atoms with Crippen molar-refractivity contribution in [1.82, 2.24) is 5.32 Å². The van der Waals surface area contributed by atoms with E-state index in [1.807, 2.05) is 50.2 Å². The fraction of sp³-hybridized carbons (Fsp3) is 0.333. The molecule has 112 valence electrons. The summed E-state index contributed by atoms with van der Waals surface area (Å²) in [6.45, 7) is 6.54. The van der Waals surface area contributed by atoms with E-state index in [1.165, 1.54) is 0 Å². The fourth-order valence-corrected chi connectivity index (χ4v) is 2.83. The van der Waals surface area contributed by atoms with Gasteiger partial charge in [0.05, 0.1) is 0 Å². The molecule has 3 heteroatoms. The second kappa shape index (κ2) is 7.06. The molecule has 2 aromatic carbocycles. The van der Waals surface area contributed by atoms with Gasteiger partial charge in [-0.1, -0.05) is 48.9 Å². The highest BCUT2D eigenvalue weighted by atomic mass is 35.5. The minimum absolute atomic E-state index is 0.119. The van der Waals surface area contributed by atoms with E-state index < -0.39 is 0 Å². The molecule has 0 aliphatic heterocycles. The Morgan fingerprint density at radius 2 is 1.76 bits per heavy atom. The number of halogens is 2. The lowest BCUT2D eigenvalue weighted by Gasteiger charge is -2.20. The first kappa shape index (κ1) is 16.0. The van der Waals surface area contributed by atoms with Crippen LogP contribution in [0.15, 0.2) is 36.4 Å². The molecule has 0 bridgehead atoms. The second-order valence-electron chi connectivity index (χ2n) is 5.37. The van der Waals surface area contributed by atoms with Crippen LogP contribution in [0.4, 0.5) is 4.39 Å². The van der Waals surface area contributed by atoms with Gasteiger partial charge in [0.2, 0.25) is 0 Å². The highest BCUT2D eigenvalue weighted by Gasteiger charge is 2.15. The van der Waals surface area contributed by atoms with Gasteiger partial charge >= 0.3 is 0 Å². The van der Waals surface area contributed by atoms with Crippen LogP contribution in [0, 0.1) is 19.7 Å². The largest absolute Gasteiger partial charge is 0.310 e. The smallest absolute Gasteiger partial charge is 0.129 e. The summed E-state index contributed by atoms with van der Waals surface area (Å²) in [7, 11) is 0. The van der Waals surface area contributed by atoms with Gasteiger partial charge in [0, 0.05) is 11.1 Å². The molecule has 0 saturated carbocycles. The van der Waals surface area contributed by atoms with Gasteiger partial charge in [-0.05, 0) is 55.1 Å². The predicted octanol–water partition coefficient (Wildman–Crippen LogP) is 4.99. The molecule has 2 aromatic rings.